The molecule has 0 spiro atoms. The monoisotopic (exact) mass is 234 g/mol. The molecule has 0 bridgehead atoms. The highest BCUT2D eigenvalue weighted by atomic mass is 19.1. The third-order valence-electron chi connectivity index (χ3n) is 2.35. The van der Waals surface area contributed by atoms with Crippen LogP contribution in [0.2, 0.25) is 0 Å². The molecular formula is C14H12F2O. The maximum Gasteiger partial charge on any atom is 0.126 e. The van der Waals surface area contributed by atoms with Gasteiger partial charge in [-0.3, -0.25) is 0 Å². The van der Waals surface area contributed by atoms with Gasteiger partial charge in [-0.25, -0.2) is 8.78 Å². The predicted octanol–water partition coefficient (Wildman–Crippen LogP) is 3.85. The number of hydrogen-bond acceptors (Lipinski definition) is 1. The van der Waals surface area contributed by atoms with Gasteiger partial charge in [0, 0.05) is 6.07 Å². The molecule has 0 aliphatic carbocycles. The van der Waals surface area contributed by atoms with Crippen LogP contribution in [0.25, 0.3) is 0 Å². The molecule has 0 amide bonds. The molecule has 0 saturated carbocycles. The molecule has 0 radical (unpaired) electrons. The molecule has 17 heavy (non-hydrogen) atoms. The standard InChI is InChI=1S/C14H12F2O/c1-10-2-4-14(5-3-10)17-9-11-6-12(15)8-13(16)7-11/h2-8H,9H2,1H3. The SMILES string of the molecule is Cc1ccc(OCc2cc(F)cc(F)c2)cc1. The fraction of sp³-hybridized carbons (Fsp3) is 0.143. The Morgan fingerprint density at radius 3 is 2.12 bits per heavy atom. The molecule has 0 heterocycles. The zero-order chi connectivity index (χ0) is 12.3. The van der Waals surface area contributed by atoms with Gasteiger partial charge >= 0.3 is 0 Å². The highest BCUT2D eigenvalue weighted by Crippen LogP contribution is 2.15. The summed E-state index contributed by atoms with van der Waals surface area (Å²) in [7, 11) is 0. The summed E-state index contributed by atoms with van der Waals surface area (Å²) in [5, 5.41) is 0. The first-order valence-electron chi connectivity index (χ1n) is 5.28. The predicted molar refractivity (Wildman–Crippen MR) is 61.9 cm³/mol. The summed E-state index contributed by atoms with van der Waals surface area (Å²) in [4.78, 5) is 0. The molecule has 0 aromatic heterocycles. The maximum absolute atomic E-state index is 12.9. The van der Waals surface area contributed by atoms with Crippen molar-refractivity contribution in [2.24, 2.45) is 0 Å². The van der Waals surface area contributed by atoms with E-state index < -0.39 is 11.6 Å². The van der Waals surface area contributed by atoms with Gasteiger partial charge in [0.1, 0.15) is 24.0 Å². The number of ether oxygens (including phenoxy) is 1. The summed E-state index contributed by atoms with van der Waals surface area (Å²) in [6.45, 7) is 2.13. The summed E-state index contributed by atoms with van der Waals surface area (Å²) in [6.07, 6.45) is 0. The molecule has 0 unspecified atom stereocenters. The highest BCUT2D eigenvalue weighted by Gasteiger charge is 2.01. The molecule has 2 rings (SSSR count). The van der Waals surface area contributed by atoms with Crippen LogP contribution < -0.4 is 4.74 Å². The van der Waals surface area contributed by atoms with Crippen molar-refractivity contribution in [1.29, 1.82) is 0 Å². The van der Waals surface area contributed by atoms with E-state index in [9.17, 15) is 8.78 Å². The molecule has 0 N–H and O–H groups in total. The van der Waals surface area contributed by atoms with Crippen LogP contribution in [-0.4, -0.2) is 0 Å². The topological polar surface area (TPSA) is 9.23 Å². The number of halogens is 2. The Labute approximate surface area is 98.7 Å². The lowest BCUT2D eigenvalue weighted by molar-refractivity contribution is 0.304. The Morgan fingerprint density at radius 2 is 1.53 bits per heavy atom. The van der Waals surface area contributed by atoms with Crippen molar-refractivity contribution in [3.8, 4) is 5.75 Å². The minimum atomic E-state index is -0.590. The van der Waals surface area contributed by atoms with E-state index in [4.69, 9.17) is 4.74 Å². The van der Waals surface area contributed by atoms with Crippen LogP contribution in [0, 0.1) is 18.6 Å². The van der Waals surface area contributed by atoms with Gasteiger partial charge in [-0.05, 0) is 36.8 Å². The van der Waals surface area contributed by atoms with Crippen LogP contribution in [-0.2, 0) is 6.61 Å². The zero-order valence-electron chi connectivity index (χ0n) is 9.41. The van der Waals surface area contributed by atoms with Gasteiger partial charge in [-0.1, -0.05) is 17.7 Å². The van der Waals surface area contributed by atoms with Crippen LogP contribution in [0.5, 0.6) is 5.75 Å². The molecule has 2 aromatic rings. The lowest BCUT2D eigenvalue weighted by Gasteiger charge is -2.06. The Morgan fingerprint density at radius 1 is 0.941 bits per heavy atom. The summed E-state index contributed by atoms with van der Waals surface area (Å²) in [6, 6.07) is 10.9. The van der Waals surface area contributed by atoms with Gasteiger partial charge in [-0.15, -0.1) is 0 Å². The Kier molecular flexibility index (Phi) is 3.38. The van der Waals surface area contributed by atoms with Gasteiger partial charge in [0.05, 0.1) is 0 Å². The van der Waals surface area contributed by atoms with E-state index in [1.807, 2.05) is 31.2 Å². The lowest BCUT2D eigenvalue weighted by atomic mass is 10.2. The van der Waals surface area contributed by atoms with Crippen molar-refractivity contribution in [2.45, 2.75) is 13.5 Å². The van der Waals surface area contributed by atoms with E-state index in [2.05, 4.69) is 0 Å². The van der Waals surface area contributed by atoms with E-state index >= 15 is 0 Å². The van der Waals surface area contributed by atoms with Gasteiger partial charge in [-0.2, -0.15) is 0 Å². The minimum Gasteiger partial charge on any atom is -0.489 e. The van der Waals surface area contributed by atoms with E-state index in [1.165, 1.54) is 12.1 Å². The van der Waals surface area contributed by atoms with Crippen LogP contribution in [0.15, 0.2) is 42.5 Å². The van der Waals surface area contributed by atoms with Crippen LogP contribution in [0.4, 0.5) is 8.78 Å². The first-order chi connectivity index (χ1) is 8.13. The Balaban J connectivity index is 2.04. The molecule has 0 aliphatic heterocycles. The number of hydrogen-bond donors (Lipinski definition) is 0. The third kappa shape index (κ3) is 3.28. The van der Waals surface area contributed by atoms with Crippen LogP contribution in [0.1, 0.15) is 11.1 Å². The molecule has 0 atom stereocenters. The summed E-state index contributed by atoms with van der Waals surface area (Å²) in [5.74, 6) is -0.500. The van der Waals surface area contributed by atoms with Gasteiger partial charge < -0.3 is 4.74 Å². The fourth-order valence-electron chi connectivity index (χ4n) is 1.50. The molecule has 1 nitrogen and oxygen atoms in total. The average molecular weight is 234 g/mol. The van der Waals surface area contributed by atoms with Crippen LogP contribution in [0.3, 0.4) is 0 Å². The average Bonchev–Trinajstić information content (AvgIpc) is 2.27. The molecule has 3 heteroatoms. The van der Waals surface area contributed by atoms with Gasteiger partial charge in [0.25, 0.3) is 0 Å². The largest absolute Gasteiger partial charge is 0.489 e. The van der Waals surface area contributed by atoms with Crippen LogP contribution >= 0.6 is 0 Å². The smallest absolute Gasteiger partial charge is 0.126 e. The van der Waals surface area contributed by atoms with E-state index in [-0.39, 0.29) is 6.61 Å². The molecule has 0 saturated heterocycles. The number of benzene rings is 2. The fourth-order valence-corrected chi connectivity index (χ4v) is 1.50. The van der Waals surface area contributed by atoms with Crippen molar-refractivity contribution in [3.05, 3.63) is 65.2 Å². The van der Waals surface area contributed by atoms with E-state index in [0.717, 1.165) is 11.6 Å². The molecule has 2 aromatic carbocycles. The second-order valence-electron chi connectivity index (χ2n) is 3.88. The second-order valence-corrected chi connectivity index (χ2v) is 3.88. The first kappa shape index (κ1) is 11.6. The van der Waals surface area contributed by atoms with E-state index in [1.54, 1.807) is 0 Å². The highest BCUT2D eigenvalue weighted by molar-refractivity contribution is 5.27. The maximum atomic E-state index is 12.9. The Bertz CT molecular complexity index is 486. The summed E-state index contributed by atoms with van der Waals surface area (Å²) < 4.78 is 31.2. The van der Waals surface area contributed by atoms with Gasteiger partial charge in [0.15, 0.2) is 0 Å². The summed E-state index contributed by atoms with van der Waals surface area (Å²) >= 11 is 0. The Hall–Kier alpha value is -1.90. The number of aryl methyl sites for hydroxylation is 1. The molecule has 88 valence electrons. The van der Waals surface area contributed by atoms with E-state index in [0.29, 0.717) is 11.3 Å². The van der Waals surface area contributed by atoms with Crippen molar-refractivity contribution >= 4 is 0 Å². The molecular weight excluding hydrogens is 222 g/mol. The van der Waals surface area contributed by atoms with Crippen molar-refractivity contribution < 1.29 is 13.5 Å². The normalized spacial score (nSPS) is 10.3. The second kappa shape index (κ2) is 4.95. The summed E-state index contributed by atoms with van der Waals surface area (Å²) in [5.41, 5.74) is 1.61. The zero-order valence-corrected chi connectivity index (χ0v) is 9.41. The van der Waals surface area contributed by atoms with Crippen molar-refractivity contribution in [3.63, 3.8) is 0 Å². The van der Waals surface area contributed by atoms with Crippen molar-refractivity contribution in [1.82, 2.24) is 0 Å². The minimum absolute atomic E-state index is 0.151. The van der Waals surface area contributed by atoms with Gasteiger partial charge in [0.2, 0.25) is 0 Å². The number of rotatable bonds is 3. The molecule has 0 fully saturated rings. The van der Waals surface area contributed by atoms with Crippen molar-refractivity contribution in [2.75, 3.05) is 0 Å². The third-order valence-corrected chi connectivity index (χ3v) is 2.35. The lowest BCUT2D eigenvalue weighted by Crippen LogP contribution is -1.97. The molecule has 0 aliphatic rings. The quantitative estimate of drug-likeness (QED) is 0.783. The first-order valence-corrected chi connectivity index (χ1v) is 5.28.